The number of benzene rings is 1. The zero-order chi connectivity index (χ0) is 25.1. The van der Waals surface area contributed by atoms with E-state index in [0.29, 0.717) is 17.7 Å². The third-order valence-electron chi connectivity index (χ3n) is 5.13. The molecule has 2 rings (SSSR count). The number of furan rings is 1. The van der Waals surface area contributed by atoms with Crippen LogP contribution in [-0.2, 0) is 18.7 Å². The van der Waals surface area contributed by atoms with Crippen LogP contribution in [0.15, 0.2) is 40.8 Å². The Kier molecular flexibility index (Phi) is 10.5. The van der Waals surface area contributed by atoms with Crippen LogP contribution in [0, 0.1) is 5.92 Å². The van der Waals surface area contributed by atoms with Gasteiger partial charge in [-0.05, 0) is 30.7 Å². The Labute approximate surface area is 197 Å². The molecule has 186 valence electrons. The summed E-state index contributed by atoms with van der Waals surface area (Å²) in [7, 11) is -2.80. The van der Waals surface area contributed by atoms with Crippen molar-refractivity contribution in [2.45, 2.75) is 39.0 Å². The number of hydroxylamine groups is 1. The summed E-state index contributed by atoms with van der Waals surface area (Å²) in [6.07, 6.45) is 2.94. The van der Waals surface area contributed by atoms with E-state index in [1.807, 2.05) is 6.92 Å². The molecule has 0 fully saturated rings. The molecule has 2 aromatic rings. The van der Waals surface area contributed by atoms with Crippen molar-refractivity contribution in [3.8, 4) is 11.3 Å². The second kappa shape index (κ2) is 13.0. The molecule has 1 aromatic heterocycles. The van der Waals surface area contributed by atoms with Gasteiger partial charge < -0.3 is 24.5 Å². The summed E-state index contributed by atoms with van der Waals surface area (Å²) in [4.78, 5) is 46.1. The molecular weight excluding hydrogens is 465 g/mol. The molecule has 2 atom stereocenters. The maximum Gasteiger partial charge on any atom is 0.358 e. The summed E-state index contributed by atoms with van der Waals surface area (Å²) < 4.78 is 22.2. The van der Waals surface area contributed by atoms with Gasteiger partial charge in [0.15, 0.2) is 5.76 Å². The number of nitrogens with one attached hydrogen (secondary N) is 3. The summed E-state index contributed by atoms with van der Waals surface area (Å²) in [5.41, 5.74) is 2.01. The Balaban J connectivity index is 1.96. The predicted octanol–water partition coefficient (Wildman–Crippen LogP) is 2.30. The van der Waals surface area contributed by atoms with Gasteiger partial charge >= 0.3 is 7.60 Å². The first-order valence-electron chi connectivity index (χ1n) is 10.8. The van der Waals surface area contributed by atoms with Crippen LogP contribution < -0.4 is 21.4 Å². The van der Waals surface area contributed by atoms with E-state index in [2.05, 4.69) is 15.2 Å². The molecule has 34 heavy (non-hydrogen) atoms. The van der Waals surface area contributed by atoms with E-state index in [4.69, 9.17) is 9.62 Å². The van der Waals surface area contributed by atoms with Gasteiger partial charge in [-0.3, -0.25) is 24.2 Å². The van der Waals surface area contributed by atoms with Crippen molar-refractivity contribution >= 4 is 30.6 Å². The summed E-state index contributed by atoms with van der Waals surface area (Å²) in [5, 5.41) is 13.9. The minimum Gasteiger partial charge on any atom is -0.451 e. The molecule has 5 N–H and O–H groups in total. The smallest absolute Gasteiger partial charge is 0.358 e. The summed E-state index contributed by atoms with van der Waals surface area (Å²) in [5.74, 6) is -2.00. The van der Waals surface area contributed by atoms with Crippen LogP contribution in [0.2, 0.25) is 0 Å². The second-order valence-corrected chi connectivity index (χ2v) is 9.50. The number of hydrogen-bond acceptors (Lipinski definition) is 7. The Bertz CT molecular complexity index is 1040. The van der Waals surface area contributed by atoms with Gasteiger partial charge in [0.25, 0.3) is 5.91 Å². The molecule has 0 aliphatic carbocycles. The van der Waals surface area contributed by atoms with Crippen molar-refractivity contribution < 1.29 is 38.0 Å². The molecule has 0 radical (unpaired) electrons. The number of rotatable bonds is 13. The van der Waals surface area contributed by atoms with E-state index < -0.39 is 31.2 Å². The van der Waals surface area contributed by atoms with E-state index in [1.165, 1.54) is 23.7 Å². The number of hydrogen-bond donors (Lipinski definition) is 5. The molecule has 0 saturated carbocycles. The van der Waals surface area contributed by atoms with Crippen LogP contribution in [0.5, 0.6) is 0 Å². The highest BCUT2D eigenvalue weighted by Gasteiger charge is 2.23. The Morgan fingerprint density at radius 1 is 1.15 bits per heavy atom. The van der Waals surface area contributed by atoms with Gasteiger partial charge in [0.2, 0.25) is 11.8 Å². The van der Waals surface area contributed by atoms with Crippen LogP contribution in [0.25, 0.3) is 11.3 Å². The van der Waals surface area contributed by atoms with Crippen molar-refractivity contribution in [3.05, 3.63) is 42.2 Å². The summed E-state index contributed by atoms with van der Waals surface area (Å²) >= 11 is 0. The fraction of sp³-hybridized carbons (Fsp3) is 0.409. The molecule has 0 saturated heterocycles. The number of amides is 3. The summed E-state index contributed by atoms with van der Waals surface area (Å²) in [6.45, 7) is 1.84. The minimum atomic E-state index is -3.94. The van der Waals surface area contributed by atoms with Crippen LogP contribution in [0.3, 0.4) is 0 Å². The van der Waals surface area contributed by atoms with E-state index in [1.54, 1.807) is 18.2 Å². The summed E-state index contributed by atoms with van der Waals surface area (Å²) in [6, 6.07) is 9.09. The Morgan fingerprint density at radius 3 is 2.59 bits per heavy atom. The number of unbranched alkanes of at least 4 members (excludes halogenated alkanes) is 2. The lowest BCUT2D eigenvalue weighted by Crippen LogP contribution is -2.41. The van der Waals surface area contributed by atoms with Gasteiger partial charge in [-0.25, -0.2) is 5.48 Å². The third kappa shape index (κ3) is 7.81. The lowest BCUT2D eigenvalue weighted by Gasteiger charge is -2.16. The fourth-order valence-electron chi connectivity index (χ4n) is 3.23. The third-order valence-corrected chi connectivity index (χ3v) is 6.55. The average molecular weight is 495 g/mol. The molecule has 3 amide bonds. The molecule has 0 aliphatic rings. The van der Waals surface area contributed by atoms with Crippen LogP contribution in [-0.4, -0.2) is 41.6 Å². The topological polar surface area (TPSA) is 167 Å². The van der Waals surface area contributed by atoms with E-state index in [0.717, 1.165) is 26.4 Å². The first-order chi connectivity index (χ1) is 16.2. The molecular formula is C22H30N3O8P. The van der Waals surface area contributed by atoms with Gasteiger partial charge in [-0.15, -0.1) is 0 Å². The number of carbonyl (C=O) groups is 3. The zero-order valence-electron chi connectivity index (χ0n) is 19.1. The zero-order valence-corrected chi connectivity index (χ0v) is 20.0. The SMILES string of the molecule is CCCCC[C@H](CC(=O)NO)C(=O)NCNC(=O)c1ccc(-c2cccc(P(=O)(O)OC)c2)o1. The monoisotopic (exact) mass is 495 g/mol. The molecule has 0 bridgehead atoms. The Hall–Kier alpha value is -2.98. The van der Waals surface area contributed by atoms with Crippen LogP contribution in [0.1, 0.15) is 49.6 Å². The molecule has 1 unspecified atom stereocenters. The average Bonchev–Trinajstić information content (AvgIpc) is 3.34. The van der Waals surface area contributed by atoms with Crippen molar-refractivity contribution in [2.75, 3.05) is 13.8 Å². The van der Waals surface area contributed by atoms with Gasteiger partial charge in [0, 0.05) is 25.0 Å². The fourth-order valence-corrected chi connectivity index (χ4v) is 4.02. The lowest BCUT2D eigenvalue weighted by molar-refractivity contribution is -0.135. The van der Waals surface area contributed by atoms with Gasteiger partial charge in [0.05, 0.1) is 12.0 Å². The first-order valence-corrected chi connectivity index (χ1v) is 12.4. The highest BCUT2D eigenvalue weighted by atomic mass is 31.2. The van der Waals surface area contributed by atoms with Gasteiger partial charge in [-0.2, -0.15) is 0 Å². The maximum atomic E-state index is 12.4. The normalized spacial score (nSPS) is 13.5. The van der Waals surface area contributed by atoms with Gasteiger partial charge in [0.1, 0.15) is 5.76 Å². The quantitative estimate of drug-likeness (QED) is 0.0928. The molecule has 1 aromatic carbocycles. The van der Waals surface area contributed by atoms with E-state index in [9.17, 15) is 23.8 Å². The number of carbonyl (C=O) groups excluding carboxylic acids is 3. The maximum absolute atomic E-state index is 12.4. The standard InChI is InChI=1S/C22H30N3O8P/c1-3-4-5-7-16(13-20(26)25-29)21(27)23-14-24-22(28)19-11-10-18(33-19)15-8-6-9-17(12-15)34(30,31)32-2/h6,8-12,16,29H,3-5,7,13-14H2,1-2H3,(H,23,27)(H,24,28)(H,25,26)(H,30,31)/t16-/m1/s1. The largest absolute Gasteiger partial charge is 0.451 e. The van der Waals surface area contributed by atoms with E-state index in [-0.39, 0.29) is 24.2 Å². The first kappa shape index (κ1) is 27.3. The lowest BCUT2D eigenvalue weighted by atomic mass is 9.96. The van der Waals surface area contributed by atoms with Crippen molar-refractivity contribution in [1.29, 1.82) is 0 Å². The highest BCUT2D eigenvalue weighted by Crippen LogP contribution is 2.40. The molecule has 0 spiro atoms. The molecule has 11 nitrogen and oxygen atoms in total. The molecule has 0 aliphatic heterocycles. The second-order valence-electron chi connectivity index (χ2n) is 7.57. The van der Waals surface area contributed by atoms with Crippen LogP contribution in [0.4, 0.5) is 0 Å². The molecule has 12 heteroatoms. The van der Waals surface area contributed by atoms with E-state index >= 15 is 0 Å². The minimum absolute atomic E-state index is 0.0206. The van der Waals surface area contributed by atoms with Gasteiger partial charge in [-0.1, -0.05) is 38.3 Å². The van der Waals surface area contributed by atoms with Crippen LogP contribution >= 0.6 is 7.60 Å². The Morgan fingerprint density at radius 2 is 1.91 bits per heavy atom. The van der Waals surface area contributed by atoms with Crippen molar-refractivity contribution in [1.82, 2.24) is 16.1 Å². The van der Waals surface area contributed by atoms with Crippen molar-refractivity contribution in [3.63, 3.8) is 0 Å². The predicted molar refractivity (Wildman–Crippen MR) is 123 cm³/mol. The van der Waals surface area contributed by atoms with Crippen molar-refractivity contribution in [2.24, 2.45) is 5.92 Å². The molecule has 1 heterocycles. The highest BCUT2D eigenvalue weighted by molar-refractivity contribution is 7.61.